The van der Waals surface area contributed by atoms with Gasteiger partial charge in [0.25, 0.3) is 11.1 Å². The van der Waals surface area contributed by atoms with Crippen LogP contribution in [0.25, 0.3) is 10.8 Å². The standard InChI is InChI=1S/C16H18N4O4S2/c1-3-9-12(14(21)23-4-2)10(18-15(22)17-9)8-26-16-20-19-13(24-16)11-6-5-7-25-11/h5-7,9H,3-4,8H2,1-2H3,(H2,17,18,22)/t9-/m1/s1. The lowest BCUT2D eigenvalue weighted by atomic mass is 10.0. The number of nitrogens with one attached hydrogen (secondary N) is 2. The van der Waals surface area contributed by atoms with E-state index in [0.717, 1.165) is 4.88 Å². The molecule has 0 bridgehead atoms. The molecule has 0 radical (unpaired) electrons. The third kappa shape index (κ3) is 4.07. The molecule has 0 aromatic carbocycles. The summed E-state index contributed by atoms with van der Waals surface area (Å²) in [5.74, 6) is 0.319. The van der Waals surface area contributed by atoms with E-state index in [9.17, 15) is 9.59 Å². The van der Waals surface area contributed by atoms with Crippen LogP contribution in [-0.4, -0.2) is 40.6 Å². The second-order valence-electron chi connectivity index (χ2n) is 5.31. The molecule has 1 atom stereocenters. The summed E-state index contributed by atoms with van der Waals surface area (Å²) in [6.45, 7) is 3.90. The van der Waals surface area contributed by atoms with Crippen molar-refractivity contribution in [2.75, 3.05) is 12.4 Å². The maximum atomic E-state index is 12.3. The molecule has 2 aromatic rings. The number of ether oxygens (including phenoxy) is 1. The van der Waals surface area contributed by atoms with E-state index in [0.29, 0.717) is 34.6 Å². The predicted molar refractivity (Wildman–Crippen MR) is 97.7 cm³/mol. The van der Waals surface area contributed by atoms with Gasteiger partial charge in [-0.15, -0.1) is 21.5 Å². The van der Waals surface area contributed by atoms with Gasteiger partial charge in [-0.05, 0) is 24.8 Å². The molecule has 10 heteroatoms. The summed E-state index contributed by atoms with van der Waals surface area (Å²) < 4.78 is 10.8. The number of thioether (sulfide) groups is 1. The van der Waals surface area contributed by atoms with E-state index < -0.39 is 5.97 Å². The lowest BCUT2D eigenvalue weighted by Gasteiger charge is -2.28. The molecule has 0 unspecified atom stereocenters. The van der Waals surface area contributed by atoms with Crippen LogP contribution in [0.4, 0.5) is 4.79 Å². The van der Waals surface area contributed by atoms with Crippen molar-refractivity contribution >= 4 is 35.1 Å². The average Bonchev–Trinajstić information content (AvgIpc) is 3.30. The molecule has 1 aliphatic rings. The molecule has 0 aliphatic carbocycles. The van der Waals surface area contributed by atoms with Crippen molar-refractivity contribution in [1.82, 2.24) is 20.8 Å². The van der Waals surface area contributed by atoms with E-state index in [2.05, 4.69) is 20.8 Å². The molecule has 26 heavy (non-hydrogen) atoms. The Hall–Kier alpha value is -2.33. The lowest BCUT2D eigenvalue weighted by molar-refractivity contribution is -0.139. The minimum Gasteiger partial charge on any atom is -0.463 e. The Morgan fingerprint density at radius 2 is 2.27 bits per heavy atom. The van der Waals surface area contributed by atoms with Gasteiger partial charge in [0.05, 0.1) is 23.1 Å². The highest BCUT2D eigenvalue weighted by atomic mass is 32.2. The van der Waals surface area contributed by atoms with E-state index in [1.807, 2.05) is 24.4 Å². The van der Waals surface area contributed by atoms with Crippen molar-refractivity contribution in [2.45, 2.75) is 31.5 Å². The van der Waals surface area contributed by atoms with Gasteiger partial charge in [-0.25, -0.2) is 9.59 Å². The Morgan fingerprint density at radius 3 is 2.96 bits per heavy atom. The molecule has 0 saturated heterocycles. The van der Waals surface area contributed by atoms with Gasteiger partial charge < -0.3 is 19.8 Å². The zero-order valence-electron chi connectivity index (χ0n) is 14.3. The quantitative estimate of drug-likeness (QED) is 0.549. The first-order valence-electron chi connectivity index (χ1n) is 8.10. The molecule has 2 aromatic heterocycles. The smallest absolute Gasteiger partial charge is 0.337 e. The number of esters is 1. The number of hydrogen-bond donors (Lipinski definition) is 2. The van der Waals surface area contributed by atoms with E-state index >= 15 is 0 Å². The van der Waals surface area contributed by atoms with Gasteiger partial charge in [0.1, 0.15) is 0 Å². The summed E-state index contributed by atoms with van der Waals surface area (Å²) in [6.07, 6.45) is 0.582. The van der Waals surface area contributed by atoms with E-state index in [1.165, 1.54) is 23.1 Å². The van der Waals surface area contributed by atoms with Crippen molar-refractivity contribution < 1.29 is 18.7 Å². The first-order chi connectivity index (χ1) is 12.6. The molecular formula is C16H18N4O4S2. The molecule has 0 saturated carbocycles. The molecule has 3 rings (SSSR count). The summed E-state index contributed by atoms with van der Waals surface area (Å²) in [4.78, 5) is 25.1. The highest BCUT2D eigenvalue weighted by Gasteiger charge is 2.31. The maximum absolute atomic E-state index is 12.3. The highest BCUT2D eigenvalue weighted by Crippen LogP contribution is 2.28. The van der Waals surface area contributed by atoms with Crippen LogP contribution in [-0.2, 0) is 9.53 Å². The summed E-state index contributed by atoms with van der Waals surface area (Å²) in [5.41, 5.74) is 0.930. The third-order valence-corrected chi connectivity index (χ3v) is 5.33. The first kappa shape index (κ1) is 18.5. The topological polar surface area (TPSA) is 106 Å². The SMILES string of the molecule is CCOC(=O)C1=C(CSc2nnc(-c3cccs3)o2)NC(=O)N[C@@H]1CC. The molecule has 2 N–H and O–H groups in total. The molecular weight excluding hydrogens is 376 g/mol. The zero-order chi connectivity index (χ0) is 18.5. The normalized spacial score (nSPS) is 17.0. The summed E-state index contributed by atoms with van der Waals surface area (Å²) in [6, 6.07) is 3.07. The van der Waals surface area contributed by atoms with Crippen LogP contribution in [0, 0.1) is 0 Å². The Balaban J connectivity index is 1.78. The molecule has 0 fully saturated rings. The second kappa shape index (κ2) is 8.37. The molecule has 0 spiro atoms. The number of amides is 2. The van der Waals surface area contributed by atoms with E-state index in [-0.39, 0.29) is 18.7 Å². The molecule has 1 aliphatic heterocycles. The molecule has 3 heterocycles. The van der Waals surface area contributed by atoms with Crippen molar-refractivity contribution in [3.05, 3.63) is 28.8 Å². The van der Waals surface area contributed by atoms with Crippen LogP contribution in [0.2, 0.25) is 0 Å². The number of rotatable bonds is 7. The maximum Gasteiger partial charge on any atom is 0.337 e. The number of nitrogens with zero attached hydrogens (tertiary/aromatic N) is 2. The van der Waals surface area contributed by atoms with E-state index in [4.69, 9.17) is 9.15 Å². The Kier molecular flexibility index (Phi) is 5.94. The molecule has 2 amide bonds. The number of hydrogen-bond acceptors (Lipinski definition) is 8. The minimum absolute atomic E-state index is 0.265. The zero-order valence-corrected chi connectivity index (χ0v) is 15.9. The number of carbonyl (C=O) groups excluding carboxylic acids is 2. The lowest BCUT2D eigenvalue weighted by Crippen LogP contribution is -2.50. The van der Waals surface area contributed by atoms with Gasteiger partial charge in [-0.3, -0.25) is 0 Å². The largest absolute Gasteiger partial charge is 0.463 e. The molecule has 138 valence electrons. The minimum atomic E-state index is -0.438. The number of thiophene rings is 1. The summed E-state index contributed by atoms with van der Waals surface area (Å²) in [7, 11) is 0. The average molecular weight is 394 g/mol. The fraction of sp³-hybridized carbons (Fsp3) is 0.375. The highest BCUT2D eigenvalue weighted by molar-refractivity contribution is 7.99. The summed E-state index contributed by atoms with van der Waals surface area (Å²) in [5, 5.41) is 15.8. The predicted octanol–water partition coefficient (Wildman–Crippen LogP) is 2.80. The number of urea groups is 1. The van der Waals surface area contributed by atoms with Gasteiger partial charge in [-0.2, -0.15) is 0 Å². The summed E-state index contributed by atoms with van der Waals surface area (Å²) >= 11 is 2.76. The van der Waals surface area contributed by atoms with Gasteiger partial charge in [0.15, 0.2) is 0 Å². The van der Waals surface area contributed by atoms with Crippen molar-refractivity contribution in [1.29, 1.82) is 0 Å². The molecule has 8 nitrogen and oxygen atoms in total. The van der Waals surface area contributed by atoms with Gasteiger partial charge >= 0.3 is 12.0 Å². The van der Waals surface area contributed by atoms with Crippen LogP contribution in [0.15, 0.2) is 38.4 Å². The monoisotopic (exact) mass is 394 g/mol. The van der Waals surface area contributed by atoms with Crippen molar-refractivity contribution in [3.8, 4) is 10.8 Å². The van der Waals surface area contributed by atoms with Crippen LogP contribution < -0.4 is 10.6 Å². The van der Waals surface area contributed by atoms with Gasteiger partial charge in [0.2, 0.25) is 0 Å². The van der Waals surface area contributed by atoms with Gasteiger partial charge in [-0.1, -0.05) is 24.8 Å². The third-order valence-electron chi connectivity index (χ3n) is 3.63. The Labute approximate surface area is 158 Å². The van der Waals surface area contributed by atoms with Crippen LogP contribution in [0.3, 0.4) is 0 Å². The fourth-order valence-electron chi connectivity index (χ4n) is 2.48. The van der Waals surface area contributed by atoms with Crippen LogP contribution in [0.1, 0.15) is 20.3 Å². The number of carbonyl (C=O) groups is 2. The Bertz CT molecular complexity index is 816. The van der Waals surface area contributed by atoms with E-state index in [1.54, 1.807) is 6.92 Å². The van der Waals surface area contributed by atoms with Crippen LogP contribution in [0.5, 0.6) is 0 Å². The Morgan fingerprint density at radius 1 is 1.42 bits per heavy atom. The van der Waals surface area contributed by atoms with Crippen molar-refractivity contribution in [2.24, 2.45) is 0 Å². The fourth-order valence-corrected chi connectivity index (χ4v) is 3.85. The van der Waals surface area contributed by atoms with Gasteiger partial charge in [0, 0.05) is 11.4 Å². The van der Waals surface area contributed by atoms with Crippen LogP contribution >= 0.6 is 23.1 Å². The number of aromatic nitrogens is 2. The first-order valence-corrected chi connectivity index (χ1v) is 9.96. The second-order valence-corrected chi connectivity index (χ2v) is 7.19. The van der Waals surface area contributed by atoms with Crippen molar-refractivity contribution in [3.63, 3.8) is 0 Å².